The summed E-state index contributed by atoms with van der Waals surface area (Å²) >= 11 is 1.47. The summed E-state index contributed by atoms with van der Waals surface area (Å²) in [6, 6.07) is 17.6. The summed E-state index contributed by atoms with van der Waals surface area (Å²) in [6.07, 6.45) is 0.0699. The van der Waals surface area contributed by atoms with Gasteiger partial charge in [-0.2, -0.15) is 0 Å². The number of aromatic nitrogens is 1. The molecule has 132 valence electrons. The number of ether oxygens (including phenoxy) is 1. The highest BCUT2D eigenvalue weighted by Gasteiger charge is 2.16. The van der Waals surface area contributed by atoms with Crippen LogP contribution in [-0.2, 0) is 4.74 Å². The van der Waals surface area contributed by atoms with Crippen LogP contribution in [0.15, 0.2) is 60.0 Å². The summed E-state index contributed by atoms with van der Waals surface area (Å²) in [4.78, 5) is 16.9. The smallest absolute Gasteiger partial charge is 0.275 e. The highest BCUT2D eigenvalue weighted by Crippen LogP contribution is 2.24. The van der Waals surface area contributed by atoms with Gasteiger partial charge in [-0.1, -0.05) is 42.5 Å². The molecule has 0 unspecified atom stereocenters. The van der Waals surface area contributed by atoms with Gasteiger partial charge in [-0.25, -0.2) is 4.98 Å². The third kappa shape index (κ3) is 3.83. The molecule has 5 nitrogen and oxygen atoms in total. The van der Waals surface area contributed by atoms with Gasteiger partial charge in [-0.3, -0.25) is 4.79 Å². The topological polar surface area (TPSA) is 63.2 Å². The molecule has 3 aromatic rings. The standard InChI is InChI=1S/C20H19N3O2S/c24-19(17-13-26-20(23-17)15-4-2-1-3-5-15)22-16-8-6-14(7-9-16)18-12-21-10-11-25-18/h1-9,13,18,21H,10-12H2,(H,22,24)/t18-/m1/s1. The number of benzene rings is 2. The Kier molecular flexibility index (Phi) is 5.06. The Morgan fingerprint density at radius 2 is 1.96 bits per heavy atom. The molecule has 1 atom stereocenters. The Morgan fingerprint density at radius 1 is 1.15 bits per heavy atom. The number of anilines is 1. The van der Waals surface area contributed by atoms with Gasteiger partial charge < -0.3 is 15.4 Å². The van der Waals surface area contributed by atoms with Gasteiger partial charge in [0.05, 0.1) is 12.7 Å². The van der Waals surface area contributed by atoms with Crippen molar-refractivity contribution in [2.75, 3.05) is 25.0 Å². The summed E-state index contributed by atoms with van der Waals surface area (Å²) in [5.74, 6) is -0.202. The number of hydrogen-bond donors (Lipinski definition) is 2. The molecule has 0 radical (unpaired) electrons. The zero-order valence-electron chi connectivity index (χ0n) is 14.1. The molecule has 4 rings (SSSR count). The molecule has 0 bridgehead atoms. The van der Waals surface area contributed by atoms with Gasteiger partial charge in [0.1, 0.15) is 10.7 Å². The van der Waals surface area contributed by atoms with Crippen LogP contribution >= 0.6 is 11.3 Å². The number of morpholine rings is 1. The second kappa shape index (κ2) is 7.78. The monoisotopic (exact) mass is 365 g/mol. The zero-order valence-corrected chi connectivity index (χ0v) is 15.0. The molecule has 1 aromatic heterocycles. The van der Waals surface area contributed by atoms with Crippen LogP contribution < -0.4 is 10.6 Å². The van der Waals surface area contributed by atoms with Crippen molar-refractivity contribution in [2.24, 2.45) is 0 Å². The maximum absolute atomic E-state index is 12.4. The molecular weight excluding hydrogens is 346 g/mol. The van der Waals surface area contributed by atoms with Crippen LogP contribution in [0.25, 0.3) is 10.6 Å². The van der Waals surface area contributed by atoms with Gasteiger partial charge in [0.15, 0.2) is 0 Å². The van der Waals surface area contributed by atoms with Crippen molar-refractivity contribution in [3.05, 3.63) is 71.2 Å². The van der Waals surface area contributed by atoms with Crippen LogP contribution in [0.1, 0.15) is 22.2 Å². The highest BCUT2D eigenvalue weighted by atomic mass is 32.1. The predicted octanol–water partition coefficient (Wildman–Crippen LogP) is 3.72. The summed E-state index contributed by atoms with van der Waals surface area (Å²) in [5, 5.41) is 8.84. The Hall–Kier alpha value is -2.54. The van der Waals surface area contributed by atoms with Crippen LogP contribution in [-0.4, -0.2) is 30.6 Å². The lowest BCUT2D eigenvalue weighted by molar-refractivity contribution is 0.0277. The van der Waals surface area contributed by atoms with E-state index in [2.05, 4.69) is 15.6 Å². The van der Waals surface area contributed by atoms with E-state index in [1.807, 2.05) is 54.6 Å². The Morgan fingerprint density at radius 3 is 2.69 bits per heavy atom. The van der Waals surface area contributed by atoms with Gasteiger partial charge in [0.2, 0.25) is 0 Å². The fourth-order valence-corrected chi connectivity index (χ4v) is 3.65. The summed E-state index contributed by atoms with van der Waals surface area (Å²) in [6.45, 7) is 2.42. The van der Waals surface area contributed by atoms with E-state index in [-0.39, 0.29) is 12.0 Å². The van der Waals surface area contributed by atoms with E-state index < -0.39 is 0 Å². The average Bonchev–Trinajstić information content (AvgIpc) is 3.20. The molecule has 2 aromatic carbocycles. The van der Waals surface area contributed by atoms with Gasteiger partial charge in [0.25, 0.3) is 5.91 Å². The third-order valence-corrected chi connectivity index (χ3v) is 5.12. The third-order valence-electron chi connectivity index (χ3n) is 4.23. The van der Waals surface area contributed by atoms with Gasteiger partial charge in [0, 0.05) is 29.7 Å². The molecule has 0 spiro atoms. The van der Waals surface area contributed by atoms with E-state index in [0.29, 0.717) is 5.69 Å². The van der Waals surface area contributed by atoms with E-state index in [9.17, 15) is 4.79 Å². The fraction of sp³-hybridized carbons (Fsp3) is 0.200. The Labute approximate surface area is 156 Å². The summed E-state index contributed by atoms with van der Waals surface area (Å²) in [7, 11) is 0. The number of nitrogens with zero attached hydrogens (tertiary/aromatic N) is 1. The van der Waals surface area contributed by atoms with Gasteiger partial charge in [-0.15, -0.1) is 11.3 Å². The number of thiazole rings is 1. The Bertz CT molecular complexity index is 872. The molecule has 1 aliphatic rings. The number of carbonyl (C=O) groups excluding carboxylic acids is 1. The highest BCUT2D eigenvalue weighted by molar-refractivity contribution is 7.13. The molecule has 0 aliphatic carbocycles. The van der Waals surface area contributed by atoms with Crippen molar-refractivity contribution in [2.45, 2.75) is 6.10 Å². The maximum Gasteiger partial charge on any atom is 0.275 e. The normalized spacial score (nSPS) is 17.0. The lowest BCUT2D eigenvalue weighted by Gasteiger charge is -2.24. The number of rotatable bonds is 4. The first-order valence-electron chi connectivity index (χ1n) is 8.54. The van der Waals surface area contributed by atoms with E-state index in [1.165, 1.54) is 11.3 Å². The molecule has 2 N–H and O–H groups in total. The number of amides is 1. The van der Waals surface area contributed by atoms with E-state index >= 15 is 0 Å². The molecule has 1 fully saturated rings. The first kappa shape index (κ1) is 16.9. The number of hydrogen-bond acceptors (Lipinski definition) is 5. The minimum absolute atomic E-state index is 0.0699. The van der Waals surface area contributed by atoms with Crippen LogP contribution in [0.3, 0.4) is 0 Å². The largest absolute Gasteiger partial charge is 0.371 e. The molecule has 1 aliphatic heterocycles. The second-order valence-corrected chi connectivity index (χ2v) is 6.90. The molecule has 1 saturated heterocycles. The fourth-order valence-electron chi connectivity index (χ4n) is 2.85. The summed E-state index contributed by atoms with van der Waals surface area (Å²) < 4.78 is 5.74. The molecular formula is C20H19N3O2S. The first-order valence-corrected chi connectivity index (χ1v) is 9.42. The Balaban J connectivity index is 1.42. The van der Waals surface area contributed by atoms with Crippen LogP contribution in [0.2, 0.25) is 0 Å². The summed E-state index contributed by atoms with van der Waals surface area (Å²) in [5.41, 5.74) is 3.30. The zero-order chi connectivity index (χ0) is 17.8. The SMILES string of the molecule is O=C(Nc1ccc([C@H]2CNCCO2)cc1)c1csc(-c2ccccc2)n1. The lowest BCUT2D eigenvalue weighted by atomic mass is 10.1. The van der Waals surface area contributed by atoms with E-state index in [1.54, 1.807) is 5.38 Å². The molecule has 6 heteroatoms. The van der Waals surface area contributed by atoms with Gasteiger partial charge >= 0.3 is 0 Å². The van der Waals surface area contributed by atoms with Crippen LogP contribution in [0.5, 0.6) is 0 Å². The van der Waals surface area contributed by atoms with Crippen molar-refractivity contribution in [1.82, 2.24) is 10.3 Å². The van der Waals surface area contributed by atoms with E-state index in [4.69, 9.17) is 4.74 Å². The van der Waals surface area contributed by atoms with Crippen LogP contribution in [0, 0.1) is 0 Å². The predicted molar refractivity (Wildman–Crippen MR) is 104 cm³/mol. The van der Waals surface area contributed by atoms with Gasteiger partial charge in [-0.05, 0) is 17.7 Å². The van der Waals surface area contributed by atoms with Crippen molar-refractivity contribution in [3.63, 3.8) is 0 Å². The average molecular weight is 365 g/mol. The lowest BCUT2D eigenvalue weighted by Crippen LogP contribution is -2.33. The minimum atomic E-state index is -0.202. The quantitative estimate of drug-likeness (QED) is 0.740. The number of carbonyl (C=O) groups is 1. The van der Waals surface area contributed by atoms with Crippen molar-refractivity contribution in [3.8, 4) is 10.6 Å². The second-order valence-electron chi connectivity index (χ2n) is 6.04. The molecule has 1 amide bonds. The van der Waals surface area contributed by atoms with Crippen molar-refractivity contribution in [1.29, 1.82) is 0 Å². The maximum atomic E-state index is 12.4. The first-order chi connectivity index (χ1) is 12.8. The van der Waals surface area contributed by atoms with Crippen LogP contribution in [0.4, 0.5) is 5.69 Å². The van der Waals surface area contributed by atoms with Crippen molar-refractivity contribution >= 4 is 22.9 Å². The number of nitrogens with one attached hydrogen (secondary N) is 2. The molecule has 26 heavy (non-hydrogen) atoms. The molecule has 2 heterocycles. The van der Waals surface area contributed by atoms with Crippen molar-refractivity contribution < 1.29 is 9.53 Å². The van der Waals surface area contributed by atoms with E-state index in [0.717, 1.165) is 41.5 Å². The molecule has 0 saturated carbocycles. The minimum Gasteiger partial charge on any atom is -0.371 e.